The largest absolute Gasteiger partial charge is 0.398 e. The molecule has 0 atom stereocenters. The lowest BCUT2D eigenvalue weighted by Gasteiger charge is -2.33. The Morgan fingerprint density at radius 2 is 2.06 bits per heavy atom. The molecular formula is C10H18N2O2S2. The quantitative estimate of drug-likeness (QED) is 0.904. The molecule has 1 aromatic rings. The first kappa shape index (κ1) is 13.5. The molecular weight excluding hydrogens is 244 g/mol. The van der Waals surface area contributed by atoms with Crippen LogP contribution >= 0.6 is 11.3 Å². The molecule has 0 unspecified atom stereocenters. The molecule has 0 fully saturated rings. The summed E-state index contributed by atoms with van der Waals surface area (Å²) in [7, 11) is -1.81. The molecule has 2 N–H and O–H groups in total. The van der Waals surface area contributed by atoms with Gasteiger partial charge in [0.15, 0.2) is 0 Å². The Hall–Kier alpha value is -0.590. The summed E-state index contributed by atoms with van der Waals surface area (Å²) in [5, 5.41) is 1.64. The van der Waals surface area contributed by atoms with Crippen molar-refractivity contribution in [2.24, 2.45) is 0 Å². The summed E-state index contributed by atoms with van der Waals surface area (Å²) in [6.45, 7) is 5.78. The maximum absolute atomic E-state index is 12.2. The van der Waals surface area contributed by atoms with Crippen LogP contribution in [0.3, 0.4) is 0 Å². The van der Waals surface area contributed by atoms with Gasteiger partial charge in [-0.1, -0.05) is 6.92 Å². The topological polar surface area (TPSA) is 63.4 Å². The standard InChI is InChI=1S/C10H18N2O2S2/c1-5-10(2,3)12(4)16(13,14)9-6-8(11)7-15-9/h6-7H,5,11H2,1-4H3. The zero-order valence-corrected chi connectivity index (χ0v) is 11.7. The van der Waals surface area contributed by atoms with Crippen LogP contribution in [-0.4, -0.2) is 25.3 Å². The molecule has 0 aliphatic carbocycles. The number of sulfonamides is 1. The van der Waals surface area contributed by atoms with Gasteiger partial charge in [0.2, 0.25) is 0 Å². The highest BCUT2D eigenvalue weighted by Crippen LogP contribution is 2.29. The summed E-state index contributed by atoms with van der Waals surface area (Å²) >= 11 is 1.16. The highest BCUT2D eigenvalue weighted by atomic mass is 32.2. The van der Waals surface area contributed by atoms with Crippen molar-refractivity contribution in [2.75, 3.05) is 12.8 Å². The van der Waals surface area contributed by atoms with Crippen LogP contribution in [0.25, 0.3) is 0 Å². The van der Waals surface area contributed by atoms with Crippen LogP contribution in [0.1, 0.15) is 27.2 Å². The maximum Gasteiger partial charge on any atom is 0.252 e. The molecule has 0 aliphatic rings. The second kappa shape index (κ2) is 4.35. The van der Waals surface area contributed by atoms with Crippen LogP contribution in [0.2, 0.25) is 0 Å². The fraction of sp³-hybridized carbons (Fsp3) is 0.600. The van der Waals surface area contributed by atoms with Crippen LogP contribution in [0.4, 0.5) is 5.69 Å². The number of hydrogen-bond acceptors (Lipinski definition) is 4. The molecule has 0 bridgehead atoms. The van der Waals surface area contributed by atoms with Gasteiger partial charge in [0.05, 0.1) is 0 Å². The van der Waals surface area contributed by atoms with E-state index in [1.807, 2.05) is 20.8 Å². The first-order valence-electron chi connectivity index (χ1n) is 5.05. The third kappa shape index (κ3) is 2.39. The Labute approximate surface area is 101 Å². The van der Waals surface area contributed by atoms with E-state index in [4.69, 9.17) is 5.73 Å². The molecule has 0 spiro atoms. The van der Waals surface area contributed by atoms with E-state index in [1.54, 1.807) is 12.4 Å². The number of nitrogen functional groups attached to an aromatic ring is 1. The SMILES string of the molecule is CCC(C)(C)N(C)S(=O)(=O)c1cc(N)cs1. The van der Waals surface area contributed by atoms with Gasteiger partial charge in [-0.3, -0.25) is 0 Å². The van der Waals surface area contributed by atoms with Gasteiger partial charge in [-0.05, 0) is 26.3 Å². The number of nitrogens with zero attached hydrogens (tertiary/aromatic N) is 1. The first-order chi connectivity index (χ1) is 7.21. The normalized spacial score (nSPS) is 13.3. The van der Waals surface area contributed by atoms with Crippen molar-refractivity contribution in [3.05, 3.63) is 11.4 Å². The van der Waals surface area contributed by atoms with E-state index in [0.717, 1.165) is 17.8 Å². The summed E-state index contributed by atoms with van der Waals surface area (Å²) in [6.07, 6.45) is 0.754. The van der Waals surface area contributed by atoms with Crippen LogP contribution in [0.15, 0.2) is 15.7 Å². The van der Waals surface area contributed by atoms with Crippen LogP contribution < -0.4 is 5.73 Å². The van der Waals surface area contributed by atoms with Gasteiger partial charge in [0.25, 0.3) is 10.0 Å². The van der Waals surface area contributed by atoms with E-state index in [0.29, 0.717) is 9.90 Å². The minimum atomic E-state index is -3.42. The molecule has 0 amide bonds. The molecule has 4 nitrogen and oxygen atoms in total. The van der Waals surface area contributed by atoms with Gasteiger partial charge >= 0.3 is 0 Å². The number of nitrogens with two attached hydrogens (primary N) is 1. The van der Waals surface area contributed by atoms with Crippen molar-refractivity contribution in [3.8, 4) is 0 Å². The number of rotatable bonds is 4. The van der Waals surface area contributed by atoms with Crippen molar-refractivity contribution in [2.45, 2.75) is 36.9 Å². The summed E-state index contributed by atoms with van der Waals surface area (Å²) in [5.41, 5.74) is 5.65. The molecule has 92 valence electrons. The fourth-order valence-electron chi connectivity index (χ4n) is 1.15. The zero-order chi connectivity index (χ0) is 12.6. The lowest BCUT2D eigenvalue weighted by atomic mass is 10.0. The molecule has 1 heterocycles. The van der Waals surface area contributed by atoms with Gasteiger partial charge < -0.3 is 5.73 Å². The Kier molecular flexibility index (Phi) is 3.66. The summed E-state index contributed by atoms with van der Waals surface area (Å²) < 4.78 is 26.2. The van der Waals surface area contributed by atoms with Crippen molar-refractivity contribution in [1.82, 2.24) is 4.31 Å². The van der Waals surface area contributed by atoms with E-state index in [9.17, 15) is 8.42 Å². The molecule has 16 heavy (non-hydrogen) atoms. The average Bonchev–Trinajstić information content (AvgIpc) is 2.64. The van der Waals surface area contributed by atoms with Crippen molar-refractivity contribution in [3.63, 3.8) is 0 Å². The monoisotopic (exact) mass is 262 g/mol. The van der Waals surface area contributed by atoms with Crippen molar-refractivity contribution < 1.29 is 8.42 Å². The third-order valence-electron chi connectivity index (χ3n) is 2.93. The summed E-state index contributed by atoms with van der Waals surface area (Å²) in [4.78, 5) is 0. The second-order valence-corrected chi connectivity index (χ2v) is 7.44. The van der Waals surface area contributed by atoms with Gasteiger partial charge in [-0.2, -0.15) is 4.31 Å². The number of thiophene rings is 1. The molecule has 0 saturated heterocycles. The second-order valence-electron chi connectivity index (χ2n) is 4.34. The Morgan fingerprint density at radius 3 is 2.44 bits per heavy atom. The van der Waals surface area contributed by atoms with Gasteiger partial charge in [0, 0.05) is 23.7 Å². The molecule has 1 rings (SSSR count). The van der Waals surface area contributed by atoms with E-state index in [-0.39, 0.29) is 0 Å². The van der Waals surface area contributed by atoms with Gasteiger partial charge in [0.1, 0.15) is 4.21 Å². The molecule has 6 heteroatoms. The molecule has 1 aromatic heterocycles. The molecule has 0 aromatic carbocycles. The molecule has 0 saturated carbocycles. The third-order valence-corrected chi connectivity index (χ3v) is 6.43. The van der Waals surface area contributed by atoms with Crippen molar-refractivity contribution >= 4 is 27.0 Å². The van der Waals surface area contributed by atoms with E-state index in [1.165, 1.54) is 10.4 Å². The predicted molar refractivity (Wildman–Crippen MR) is 68.1 cm³/mol. The van der Waals surface area contributed by atoms with Gasteiger partial charge in [-0.25, -0.2) is 8.42 Å². The average molecular weight is 262 g/mol. The van der Waals surface area contributed by atoms with Gasteiger partial charge in [-0.15, -0.1) is 11.3 Å². The molecule has 0 radical (unpaired) electrons. The smallest absolute Gasteiger partial charge is 0.252 e. The molecule has 0 aliphatic heterocycles. The lowest BCUT2D eigenvalue weighted by molar-refractivity contribution is 0.257. The zero-order valence-electron chi connectivity index (χ0n) is 10.0. The lowest BCUT2D eigenvalue weighted by Crippen LogP contribution is -2.44. The highest BCUT2D eigenvalue weighted by Gasteiger charge is 2.33. The number of hydrogen-bond donors (Lipinski definition) is 1. The first-order valence-corrected chi connectivity index (χ1v) is 7.37. The van der Waals surface area contributed by atoms with Crippen molar-refractivity contribution in [1.29, 1.82) is 0 Å². The summed E-state index contributed by atoms with van der Waals surface area (Å²) in [5.74, 6) is 0. The predicted octanol–water partition coefficient (Wildman–Crippen LogP) is 2.14. The Bertz CT molecular complexity index is 463. The minimum absolute atomic E-state index is 0.300. The fourth-order valence-corrected chi connectivity index (χ4v) is 3.97. The Morgan fingerprint density at radius 1 is 1.50 bits per heavy atom. The Balaban J connectivity index is 3.13. The van der Waals surface area contributed by atoms with E-state index >= 15 is 0 Å². The number of anilines is 1. The highest BCUT2D eigenvalue weighted by molar-refractivity contribution is 7.91. The van der Waals surface area contributed by atoms with E-state index < -0.39 is 15.6 Å². The summed E-state index contributed by atoms with van der Waals surface area (Å²) in [6, 6.07) is 1.50. The van der Waals surface area contributed by atoms with Crippen LogP contribution in [-0.2, 0) is 10.0 Å². The maximum atomic E-state index is 12.2. The van der Waals surface area contributed by atoms with Crippen LogP contribution in [0.5, 0.6) is 0 Å². The minimum Gasteiger partial charge on any atom is -0.398 e. The van der Waals surface area contributed by atoms with E-state index in [2.05, 4.69) is 0 Å². The van der Waals surface area contributed by atoms with Crippen LogP contribution in [0, 0.1) is 0 Å².